The summed E-state index contributed by atoms with van der Waals surface area (Å²) in [5.41, 5.74) is 1.61. The molecule has 1 atom stereocenters. The van der Waals surface area contributed by atoms with E-state index in [4.69, 9.17) is 16.3 Å². The van der Waals surface area contributed by atoms with Gasteiger partial charge in [-0.3, -0.25) is 4.79 Å². The number of nitrogens with one attached hydrogen (secondary N) is 1. The highest BCUT2D eigenvalue weighted by molar-refractivity contribution is 6.30. The molecule has 7 heteroatoms. The summed E-state index contributed by atoms with van der Waals surface area (Å²) < 4.78 is 9.68. The third-order valence-electron chi connectivity index (χ3n) is 3.50. The lowest BCUT2D eigenvalue weighted by Gasteiger charge is -2.12. The van der Waals surface area contributed by atoms with Crippen LogP contribution in [0.15, 0.2) is 54.6 Å². The van der Waals surface area contributed by atoms with Gasteiger partial charge < -0.3 is 14.8 Å². The van der Waals surface area contributed by atoms with Crippen molar-refractivity contribution in [2.45, 2.75) is 13.0 Å². The van der Waals surface area contributed by atoms with Crippen LogP contribution in [0.25, 0.3) is 6.08 Å². The van der Waals surface area contributed by atoms with Crippen molar-refractivity contribution in [2.24, 2.45) is 0 Å². The topological polar surface area (TPSA) is 81.7 Å². The molecule has 0 bridgehead atoms. The predicted molar refractivity (Wildman–Crippen MR) is 102 cm³/mol. The molecular formula is C20H18ClNO5. The normalized spacial score (nSPS) is 11.7. The molecule has 0 saturated heterocycles. The molecule has 0 saturated carbocycles. The third-order valence-corrected chi connectivity index (χ3v) is 3.73. The quantitative estimate of drug-likeness (QED) is 0.603. The summed E-state index contributed by atoms with van der Waals surface area (Å²) in [6.45, 7) is 1.47. The van der Waals surface area contributed by atoms with Gasteiger partial charge in [-0.1, -0.05) is 29.8 Å². The monoisotopic (exact) mass is 387 g/mol. The number of anilines is 1. The van der Waals surface area contributed by atoms with E-state index in [0.29, 0.717) is 21.8 Å². The van der Waals surface area contributed by atoms with E-state index in [1.165, 1.54) is 26.2 Å². The maximum atomic E-state index is 12.1. The molecule has 2 aromatic carbocycles. The van der Waals surface area contributed by atoms with Crippen molar-refractivity contribution in [2.75, 3.05) is 12.4 Å². The number of esters is 2. The number of benzene rings is 2. The minimum atomic E-state index is -0.983. The Morgan fingerprint density at radius 3 is 2.44 bits per heavy atom. The average molecular weight is 388 g/mol. The van der Waals surface area contributed by atoms with Crippen molar-refractivity contribution in [1.82, 2.24) is 0 Å². The molecule has 0 radical (unpaired) electrons. The maximum Gasteiger partial charge on any atom is 0.337 e. The number of carbonyl (C=O) groups is 3. The van der Waals surface area contributed by atoms with E-state index in [9.17, 15) is 14.4 Å². The van der Waals surface area contributed by atoms with E-state index in [2.05, 4.69) is 10.1 Å². The number of hydrogen-bond acceptors (Lipinski definition) is 5. The molecule has 140 valence electrons. The van der Waals surface area contributed by atoms with E-state index >= 15 is 0 Å². The average Bonchev–Trinajstić information content (AvgIpc) is 2.66. The van der Waals surface area contributed by atoms with Gasteiger partial charge in [-0.15, -0.1) is 0 Å². The van der Waals surface area contributed by atoms with Crippen LogP contribution >= 0.6 is 11.6 Å². The molecule has 0 fully saturated rings. The molecule has 2 rings (SSSR count). The molecule has 0 aliphatic heterocycles. The first-order chi connectivity index (χ1) is 12.9. The zero-order valence-corrected chi connectivity index (χ0v) is 15.5. The lowest BCUT2D eigenvalue weighted by Crippen LogP contribution is -2.29. The lowest BCUT2D eigenvalue weighted by atomic mass is 10.1. The summed E-state index contributed by atoms with van der Waals surface area (Å²) in [5.74, 6) is -1.58. The van der Waals surface area contributed by atoms with E-state index in [-0.39, 0.29) is 0 Å². The Morgan fingerprint density at radius 1 is 1.11 bits per heavy atom. The van der Waals surface area contributed by atoms with Gasteiger partial charge in [0.15, 0.2) is 6.10 Å². The second kappa shape index (κ2) is 9.54. The van der Waals surface area contributed by atoms with Crippen molar-refractivity contribution in [3.63, 3.8) is 0 Å². The van der Waals surface area contributed by atoms with Gasteiger partial charge in [-0.2, -0.15) is 0 Å². The van der Waals surface area contributed by atoms with Crippen LogP contribution in [0.1, 0.15) is 22.8 Å². The number of carbonyl (C=O) groups excluding carboxylic acids is 3. The van der Waals surface area contributed by atoms with Gasteiger partial charge in [-0.25, -0.2) is 9.59 Å². The number of hydrogen-bond donors (Lipinski definition) is 1. The molecule has 1 amide bonds. The molecule has 0 aromatic heterocycles. The minimum absolute atomic E-state index is 0.406. The van der Waals surface area contributed by atoms with Crippen molar-refractivity contribution in [1.29, 1.82) is 0 Å². The van der Waals surface area contributed by atoms with Crippen molar-refractivity contribution in [3.05, 3.63) is 70.8 Å². The predicted octanol–water partition coefficient (Wildman–Crippen LogP) is 3.71. The van der Waals surface area contributed by atoms with Gasteiger partial charge >= 0.3 is 11.9 Å². The molecule has 0 heterocycles. The van der Waals surface area contributed by atoms with E-state index in [1.54, 1.807) is 48.5 Å². The van der Waals surface area contributed by atoms with Crippen LogP contribution in [0.2, 0.25) is 5.02 Å². The van der Waals surface area contributed by atoms with E-state index < -0.39 is 23.9 Å². The van der Waals surface area contributed by atoms with E-state index in [0.717, 1.165) is 0 Å². The Balaban J connectivity index is 1.89. The van der Waals surface area contributed by atoms with Gasteiger partial charge in [0.1, 0.15) is 0 Å². The second-order valence-electron chi connectivity index (χ2n) is 5.53. The Labute approximate surface area is 161 Å². The molecule has 6 nitrogen and oxygen atoms in total. The highest BCUT2D eigenvalue weighted by Crippen LogP contribution is 2.15. The number of ether oxygens (including phenoxy) is 2. The summed E-state index contributed by atoms with van der Waals surface area (Å²) in [7, 11) is 1.30. The van der Waals surface area contributed by atoms with Crippen LogP contribution in [0.3, 0.4) is 0 Å². The zero-order chi connectivity index (χ0) is 19.8. The van der Waals surface area contributed by atoms with Gasteiger partial charge in [0.25, 0.3) is 5.91 Å². The Hall–Kier alpha value is -3.12. The molecule has 27 heavy (non-hydrogen) atoms. The summed E-state index contributed by atoms with van der Waals surface area (Å²) in [6, 6.07) is 13.1. The lowest BCUT2D eigenvalue weighted by molar-refractivity contribution is -0.148. The van der Waals surface area contributed by atoms with Gasteiger partial charge in [0.2, 0.25) is 0 Å². The van der Waals surface area contributed by atoms with Crippen LogP contribution < -0.4 is 5.32 Å². The summed E-state index contributed by atoms with van der Waals surface area (Å²) >= 11 is 5.86. The fourth-order valence-electron chi connectivity index (χ4n) is 2.09. The van der Waals surface area contributed by atoms with Crippen LogP contribution in [-0.2, 0) is 19.1 Å². The summed E-state index contributed by atoms with van der Waals surface area (Å²) in [5, 5.41) is 3.10. The highest BCUT2D eigenvalue weighted by atomic mass is 35.5. The van der Waals surface area contributed by atoms with Crippen molar-refractivity contribution < 1.29 is 23.9 Å². The number of methoxy groups -OCH3 is 1. The van der Waals surface area contributed by atoms with Crippen molar-refractivity contribution in [3.8, 4) is 0 Å². The molecule has 0 spiro atoms. The number of halogens is 1. The highest BCUT2D eigenvalue weighted by Gasteiger charge is 2.16. The van der Waals surface area contributed by atoms with Gasteiger partial charge in [-0.05, 0) is 48.9 Å². The van der Waals surface area contributed by atoms with Crippen LogP contribution in [0.4, 0.5) is 5.69 Å². The summed E-state index contributed by atoms with van der Waals surface area (Å²) in [6.07, 6.45) is 1.74. The van der Waals surface area contributed by atoms with Crippen molar-refractivity contribution >= 4 is 41.2 Å². The maximum absolute atomic E-state index is 12.1. The van der Waals surface area contributed by atoms with Gasteiger partial charge in [0.05, 0.1) is 12.7 Å². The standard InChI is InChI=1S/C20H18ClNO5/c1-13(19(24)22-17-5-3-4-16(21)12-17)27-18(23)11-8-14-6-9-15(10-7-14)20(25)26-2/h3-13H,1-2H3,(H,22,24)/b11-8+/t13-/m1/s1. The molecule has 2 aromatic rings. The zero-order valence-electron chi connectivity index (χ0n) is 14.8. The van der Waals surface area contributed by atoms with Crippen LogP contribution in [0, 0.1) is 0 Å². The molecule has 1 N–H and O–H groups in total. The van der Waals surface area contributed by atoms with Crippen LogP contribution in [-0.4, -0.2) is 31.1 Å². The molecule has 0 aliphatic carbocycles. The molecular weight excluding hydrogens is 370 g/mol. The SMILES string of the molecule is COC(=O)c1ccc(/C=C/C(=O)O[C@H](C)C(=O)Nc2cccc(Cl)c2)cc1. The molecule has 0 aliphatic rings. The number of amides is 1. The second-order valence-corrected chi connectivity index (χ2v) is 5.96. The Bertz CT molecular complexity index is 861. The number of rotatable bonds is 6. The van der Waals surface area contributed by atoms with Crippen LogP contribution in [0.5, 0.6) is 0 Å². The Kier molecular flexibility index (Phi) is 7.14. The first-order valence-electron chi connectivity index (χ1n) is 8.02. The Morgan fingerprint density at radius 2 is 1.81 bits per heavy atom. The summed E-state index contributed by atoms with van der Waals surface area (Å²) in [4.78, 5) is 35.3. The smallest absolute Gasteiger partial charge is 0.337 e. The first-order valence-corrected chi connectivity index (χ1v) is 8.40. The van der Waals surface area contributed by atoms with E-state index in [1.807, 2.05) is 0 Å². The first kappa shape index (κ1) is 20.2. The largest absolute Gasteiger partial charge is 0.465 e. The third kappa shape index (κ3) is 6.27. The molecule has 0 unspecified atom stereocenters. The fraction of sp³-hybridized carbons (Fsp3) is 0.150. The van der Waals surface area contributed by atoms with Gasteiger partial charge in [0, 0.05) is 16.8 Å². The fourth-order valence-corrected chi connectivity index (χ4v) is 2.28. The minimum Gasteiger partial charge on any atom is -0.465 e.